The van der Waals surface area contributed by atoms with Crippen molar-refractivity contribution in [3.05, 3.63) is 58.4 Å². The Kier molecular flexibility index (Phi) is 6.11. The number of carbonyl (C=O) groups excluding carboxylic acids is 2. The second-order valence-corrected chi connectivity index (χ2v) is 6.96. The fourth-order valence-electron chi connectivity index (χ4n) is 2.95. The minimum atomic E-state index is -4.73. The van der Waals surface area contributed by atoms with Crippen molar-refractivity contribution in [3.8, 4) is 0 Å². The van der Waals surface area contributed by atoms with Crippen molar-refractivity contribution in [1.82, 2.24) is 25.5 Å². The van der Waals surface area contributed by atoms with E-state index in [-0.39, 0.29) is 29.6 Å². The summed E-state index contributed by atoms with van der Waals surface area (Å²) in [5, 5.41) is 5.03. The molecular formula is C18H16ClF4N5O2. The molecule has 0 spiro atoms. The van der Waals surface area contributed by atoms with Crippen molar-refractivity contribution in [2.24, 2.45) is 0 Å². The monoisotopic (exact) mass is 445 g/mol. The van der Waals surface area contributed by atoms with E-state index in [9.17, 15) is 27.2 Å². The molecule has 0 saturated carbocycles. The number of amides is 3. The summed E-state index contributed by atoms with van der Waals surface area (Å²) in [7, 11) is 0. The number of piperazine rings is 1. The van der Waals surface area contributed by atoms with Crippen LogP contribution in [0.4, 0.5) is 22.4 Å². The van der Waals surface area contributed by atoms with Crippen LogP contribution in [0.15, 0.2) is 30.6 Å². The molecule has 2 aromatic rings. The predicted octanol–water partition coefficient (Wildman–Crippen LogP) is 2.91. The van der Waals surface area contributed by atoms with Gasteiger partial charge < -0.3 is 15.5 Å². The van der Waals surface area contributed by atoms with Gasteiger partial charge in [0.25, 0.3) is 0 Å². The average molecular weight is 446 g/mol. The van der Waals surface area contributed by atoms with Gasteiger partial charge in [-0.25, -0.2) is 19.2 Å². The van der Waals surface area contributed by atoms with Gasteiger partial charge in [-0.05, 0) is 24.6 Å². The van der Waals surface area contributed by atoms with Crippen molar-refractivity contribution in [2.75, 3.05) is 13.1 Å². The molecule has 30 heavy (non-hydrogen) atoms. The molecule has 1 aromatic heterocycles. The van der Waals surface area contributed by atoms with Gasteiger partial charge >= 0.3 is 12.2 Å². The molecule has 1 aliphatic rings. The number of halogens is 5. The fourth-order valence-corrected chi connectivity index (χ4v) is 3.14. The number of rotatable bonds is 3. The van der Waals surface area contributed by atoms with Crippen LogP contribution in [0.1, 0.15) is 29.9 Å². The normalized spacial score (nSPS) is 18.0. The van der Waals surface area contributed by atoms with Crippen LogP contribution in [-0.4, -0.2) is 45.9 Å². The van der Waals surface area contributed by atoms with Crippen LogP contribution in [0.2, 0.25) is 5.02 Å². The smallest absolute Gasteiger partial charge is 0.353 e. The molecule has 2 heterocycles. The molecule has 0 radical (unpaired) electrons. The van der Waals surface area contributed by atoms with E-state index >= 15 is 0 Å². The van der Waals surface area contributed by atoms with E-state index in [2.05, 4.69) is 20.6 Å². The highest BCUT2D eigenvalue weighted by Crippen LogP contribution is 2.29. The lowest BCUT2D eigenvalue weighted by Crippen LogP contribution is -2.58. The van der Waals surface area contributed by atoms with Crippen LogP contribution < -0.4 is 10.6 Å². The Hall–Kier alpha value is -2.95. The topological polar surface area (TPSA) is 87.2 Å². The lowest BCUT2D eigenvalue weighted by molar-refractivity contribution is -0.145. The average Bonchev–Trinajstić information content (AvgIpc) is 2.69. The second kappa shape index (κ2) is 8.42. The highest BCUT2D eigenvalue weighted by atomic mass is 35.5. The van der Waals surface area contributed by atoms with Crippen molar-refractivity contribution < 1.29 is 27.2 Å². The summed E-state index contributed by atoms with van der Waals surface area (Å²) in [4.78, 5) is 32.5. The molecular weight excluding hydrogens is 430 g/mol. The van der Waals surface area contributed by atoms with Gasteiger partial charge in [0.15, 0.2) is 0 Å². The van der Waals surface area contributed by atoms with Gasteiger partial charge in [0, 0.05) is 31.0 Å². The quantitative estimate of drug-likeness (QED) is 0.711. The van der Waals surface area contributed by atoms with Gasteiger partial charge in [0.05, 0.1) is 11.1 Å². The summed E-state index contributed by atoms with van der Waals surface area (Å²) in [6.45, 7) is 2.03. The van der Waals surface area contributed by atoms with Crippen LogP contribution in [0.5, 0.6) is 0 Å². The SMILES string of the molecule is C[C@@H]1C(=O)NCCN1C(=O)NC(c1cnc(C(F)(F)F)nc1)c1ccc(F)c(Cl)c1. The van der Waals surface area contributed by atoms with E-state index in [4.69, 9.17) is 11.6 Å². The minimum Gasteiger partial charge on any atom is -0.353 e. The number of aromatic nitrogens is 2. The largest absolute Gasteiger partial charge is 0.451 e. The first-order valence-electron chi connectivity index (χ1n) is 8.77. The first-order chi connectivity index (χ1) is 14.1. The number of carbonyl (C=O) groups is 2. The number of nitrogens with one attached hydrogen (secondary N) is 2. The maximum atomic E-state index is 13.6. The molecule has 0 bridgehead atoms. The van der Waals surface area contributed by atoms with Gasteiger partial charge in [-0.3, -0.25) is 4.79 Å². The number of alkyl halides is 3. The minimum absolute atomic E-state index is 0.119. The summed E-state index contributed by atoms with van der Waals surface area (Å²) in [5.74, 6) is -2.37. The number of hydrogen-bond donors (Lipinski definition) is 2. The van der Waals surface area contributed by atoms with Crippen molar-refractivity contribution in [3.63, 3.8) is 0 Å². The Morgan fingerprint density at radius 3 is 2.57 bits per heavy atom. The molecule has 0 aliphatic carbocycles. The van der Waals surface area contributed by atoms with Crippen LogP contribution in [-0.2, 0) is 11.0 Å². The summed E-state index contributed by atoms with van der Waals surface area (Å²) in [5.41, 5.74) is 0.417. The standard InChI is InChI=1S/C18H16ClF4N5O2/c1-9-15(29)24-4-5-28(9)17(30)27-14(10-2-3-13(20)12(19)6-10)11-7-25-16(26-8-11)18(21,22)23/h2-3,6-9,14H,4-5H2,1H3,(H,24,29)(H,27,30)/t9-,14?/m1/s1. The van der Waals surface area contributed by atoms with Gasteiger partial charge in [-0.15, -0.1) is 0 Å². The molecule has 1 aliphatic heterocycles. The number of benzene rings is 1. The maximum Gasteiger partial charge on any atom is 0.451 e. The first-order valence-corrected chi connectivity index (χ1v) is 9.14. The third-order valence-corrected chi connectivity index (χ3v) is 4.85. The van der Waals surface area contributed by atoms with E-state index < -0.39 is 35.9 Å². The molecule has 160 valence electrons. The molecule has 3 amide bonds. The van der Waals surface area contributed by atoms with Gasteiger partial charge in [-0.2, -0.15) is 13.2 Å². The third kappa shape index (κ3) is 4.61. The number of urea groups is 1. The Balaban J connectivity index is 1.94. The zero-order valence-electron chi connectivity index (χ0n) is 15.5. The van der Waals surface area contributed by atoms with E-state index in [0.29, 0.717) is 5.56 Å². The van der Waals surface area contributed by atoms with Crippen LogP contribution in [0, 0.1) is 5.82 Å². The van der Waals surface area contributed by atoms with E-state index in [0.717, 1.165) is 18.5 Å². The molecule has 1 fully saturated rings. The molecule has 2 N–H and O–H groups in total. The van der Waals surface area contributed by atoms with E-state index in [1.165, 1.54) is 17.0 Å². The zero-order chi connectivity index (χ0) is 22.1. The highest BCUT2D eigenvalue weighted by molar-refractivity contribution is 6.30. The molecule has 1 aromatic carbocycles. The van der Waals surface area contributed by atoms with Crippen molar-refractivity contribution in [1.29, 1.82) is 0 Å². The predicted molar refractivity (Wildman–Crippen MR) is 98.0 cm³/mol. The van der Waals surface area contributed by atoms with Crippen molar-refractivity contribution in [2.45, 2.75) is 25.2 Å². The Bertz CT molecular complexity index is 955. The summed E-state index contributed by atoms with van der Waals surface area (Å²) < 4.78 is 51.9. The molecule has 3 rings (SSSR count). The van der Waals surface area contributed by atoms with Gasteiger partial charge in [0.2, 0.25) is 11.7 Å². The summed E-state index contributed by atoms with van der Waals surface area (Å²) >= 11 is 5.83. The first kappa shape index (κ1) is 21.8. The van der Waals surface area contributed by atoms with E-state index in [1.54, 1.807) is 6.92 Å². The molecule has 7 nitrogen and oxygen atoms in total. The Morgan fingerprint density at radius 1 is 1.30 bits per heavy atom. The molecule has 2 atom stereocenters. The number of hydrogen-bond acceptors (Lipinski definition) is 4. The lowest BCUT2D eigenvalue weighted by Gasteiger charge is -2.34. The lowest BCUT2D eigenvalue weighted by atomic mass is 10.0. The number of nitrogens with zero attached hydrogens (tertiary/aromatic N) is 3. The molecule has 12 heteroatoms. The maximum absolute atomic E-state index is 13.6. The van der Waals surface area contributed by atoms with Crippen molar-refractivity contribution >= 4 is 23.5 Å². The van der Waals surface area contributed by atoms with Gasteiger partial charge in [0.1, 0.15) is 11.9 Å². The van der Waals surface area contributed by atoms with Crippen LogP contribution >= 0.6 is 11.6 Å². The Morgan fingerprint density at radius 2 is 1.97 bits per heavy atom. The zero-order valence-corrected chi connectivity index (χ0v) is 16.3. The fraction of sp³-hybridized carbons (Fsp3) is 0.333. The van der Waals surface area contributed by atoms with Crippen LogP contribution in [0.3, 0.4) is 0 Å². The second-order valence-electron chi connectivity index (χ2n) is 6.55. The molecule has 1 unspecified atom stereocenters. The summed E-state index contributed by atoms with van der Waals surface area (Å²) in [6.07, 6.45) is -2.89. The van der Waals surface area contributed by atoms with Crippen LogP contribution in [0.25, 0.3) is 0 Å². The molecule has 1 saturated heterocycles. The third-order valence-electron chi connectivity index (χ3n) is 4.56. The highest BCUT2D eigenvalue weighted by Gasteiger charge is 2.35. The van der Waals surface area contributed by atoms with E-state index in [1.807, 2.05) is 0 Å². The van der Waals surface area contributed by atoms with Gasteiger partial charge in [-0.1, -0.05) is 17.7 Å². The summed E-state index contributed by atoms with van der Waals surface area (Å²) in [6, 6.07) is 1.22. The Labute approximate surface area is 173 Å².